The number of hydrogen-bond donors (Lipinski definition) is 4. The standard InChI is InChI=1S/C23H23Br2N3O5/c1-23(2,10-4-3-5-19(29)28-32)21(17-11-15(24)12-18(25)20(17)30)33-22(31)27-16-8-6-14(13-26)7-9-16/h3,5-9,11-12,21,30,32H,4,10H2,1-2H3,(H,27,31)(H,28,29)/b5-3+/t21-/m0/s1. The second kappa shape index (κ2) is 11.8. The fraction of sp³-hybridized carbons (Fsp3) is 0.261. The Hall–Kier alpha value is -2.87. The first-order valence-electron chi connectivity index (χ1n) is 9.83. The summed E-state index contributed by atoms with van der Waals surface area (Å²) in [6, 6.07) is 11.7. The van der Waals surface area contributed by atoms with E-state index < -0.39 is 23.5 Å². The predicted molar refractivity (Wildman–Crippen MR) is 130 cm³/mol. The van der Waals surface area contributed by atoms with Crippen LogP contribution in [0.3, 0.4) is 0 Å². The number of rotatable bonds is 8. The van der Waals surface area contributed by atoms with Crippen molar-refractivity contribution in [2.45, 2.75) is 32.8 Å². The monoisotopic (exact) mass is 579 g/mol. The number of phenolic OH excluding ortho intramolecular Hbond substituents is 1. The molecule has 0 aromatic heterocycles. The van der Waals surface area contributed by atoms with E-state index in [4.69, 9.17) is 15.2 Å². The van der Waals surface area contributed by atoms with Crippen molar-refractivity contribution in [2.75, 3.05) is 5.32 Å². The third kappa shape index (κ3) is 7.60. The van der Waals surface area contributed by atoms with Crippen molar-refractivity contribution in [3.63, 3.8) is 0 Å². The van der Waals surface area contributed by atoms with Crippen molar-refractivity contribution >= 4 is 49.5 Å². The maximum absolute atomic E-state index is 12.7. The smallest absolute Gasteiger partial charge is 0.412 e. The Morgan fingerprint density at radius 1 is 1.24 bits per heavy atom. The molecule has 8 nitrogen and oxygen atoms in total. The molecule has 2 aromatic rings. The SMILES string of the molecule is CC(C)(CC/C=C/C(=O)NO)[C@@H](OC(=O)Nc1ccc(C#N)cc1)c1cc(Br)cc(Br)c1O. The summed E-state index contributed by atoms with van der Waals surface area (Å²) in [6.07, 6.45) is 2.15. The van der Waals surface area contributed by atoms with Crippen LogP contribution in [0.15, 0.2) is 57.5 Å². The van der Waals surface area contributed by atoms with Crippen LogP contribution in [0, 0.1) is 16.7 Å². The molecule has 0 spiro atoms. The Kier molecular flexibility index (Phi) is 9.46. The normalized spacial score (nSPS) is 12.1. The first-order chi connectivity index (χ1) is 15.6. The van der Waals surface area contributed by atoms with E-state index >= 15 is 0 Å². The first kappa shape index (κ1) is 26.4. The molecule has 33 heavy (non-hydrogen) atoms. The second-order valence-corrected chi connectivity index (χ2v) is 9.60. The number of hydroxylamine groups is 1. The average molecular weight is 581 g/mol. The number of allylic oxidation sites excluding steroid dienone is 1. The van der Waals surface area contributed by atoms with Crippen LogP contribution in [0.5, 0.6) is 5.75 Å². The lowest BCUT2D eigenvalue weighted by Crippen LogP contribution is -2.29. The van der Waals surface area contributed by atoms with Crippen LogP contribution in [0.4, 0.5) is 10.5 Å². The van der Waals surface area contributed by atoms with Gasteiger partial charge >= 0.3 is 6.09 Å². The molecular formula is C23H23Br2N3O5. The number of nitrogens with one attached hydrogen (secondary N) is 2. The Labute approximate surface area is 208 Å². The fourth-order valence-corrected chi connectivity index (χ4v) is 4.38. The Morgan fingerprint density at radius 2 is 1.91 bits per heavy atom. The molecular weight excluding hydrogens is 558 g/mol. The van der Waals surface area contributed by atoms with Gasteiger partial charge in [0.15, 0.2) is 0 Å². The summed E-state index contributed by atoms with van der Waals surface area (Å²) in [5.41, 5.74) is 2.16. The first-order valence-corrected chi connectivity index (χ1v) is 11.4. The zero-order valence-corrected chi connectivity index (χ0v) is 21.1. The third-order valence-corrected chi connectivity index (χ3v) is 5.93. The molecule has 0 bridgehead atoms. The Morgan fingerprint density at radius 3 is 2.52 bits per heavy atom. The topological polar surface area (TPSA) is 132 Å². The van der Waals surface area contributed by atoms with E-state index in [2.05, 4.69) is 37.2 Å². The highest BCUT2D eigenvalue weighted by Gasteiger charge is 2.36. The number of nitrogens with zero attached hydrogens (tertiary/aromatic N) is 1. The summed E-state index contributed by atoms with van der Waals surface area (Å²) in [5, 5.41) is 30.8. The van der Waals surface area contributed by atoms with Crippen molar-refractivity contribution in [2.24, 2.45) is 5.41 Å². The van der Waals surface area contributed by atoms with Crippen molar-refractivity contribution in [3.05, 3.63) is 68.6 Å². The van der Waals surface area contributed by atoms with Crippen LogP contribution in [0.2, 0.25) is 0 Å². The van der Waals surface area contributed by atoms with E-state index in [1.165, 1.54) is 11.6 Å². The number of halogens is 2. The average Bonchev–Trinajstić information content (AvgIpc) is 2.78. The highest BCUT2D eigenvalue weighted by molar-refractivity contribution is 9.11. The number of carbonyl (C=O) groups excluding carboxylic acids is 2. The number of benzene rings is 2. The molecule has 0 fully saturated rings. The minimum absolute atomic E-state index is 0.0577. The molecule has 0 radical (unpaired) electrons. The van der Waals surface area contributed by atoms with E-state index in [0.29, 0.717) is 38.6 Å². The number of hydrogen-bond acceptors (Lipinski definition) is 6. The summed E-state index contributed by atoms with van der Waals surface area (Å²) in [5.74, 6) is -0.700. The van der Waals surface area contributed by atoms with Crippen LogP contribution in [-0.2, 0) is 9.53 Å². The molecule has 2 amide bonds. The van der Waals surface area contributed by atoms with Gasteiger partial charge in [0, 0.05) is 27.2 Å². The summed E-state index contributed by atoms with van der Waals surface area (Å²) < 4.78 is 6.90. The largest absolute Gasteiger partial charge is 0.506 e. The molecule has 2 aromatic carbocycles. The molecule has 0 aliphatic heterocycles. The number of anilines is 1. The van der Waals surface area contributed by atoms with Gasteiger partial charge in [-0.3, -0.25) is 15.3 Å². The molecule has 0 saturated carbocycles. The van der Waals surface area contributed by atoms with Crippen molar-refractivity contribution < 1.29 is 24.6 Å². The van der Waals surface area contributed by atoms with Gasteiger partial charge in [0.2, 0.25) is 0 Å². The fourth-order valence-electron chi connectivity index (χ4n) is 3.13. The summed E-state index contributed by atoms with van der Waals surface area (Å²) in [4.78, 5) is 23.9. The summed E-state index contributed by atoms with van der Waals surface area (Å²) in [6.45, 7) is 3.75. The highest BCUT2D eigenvalue weighted by atomic mass is 79.9. The summed E-state index contributed by atoms with van der Waals surface area (Å²) >= 11 is 6.71. The van der Waals surface area contributed by atoms with Gasteiger partial charge in [0.25, 0.3) is 5.91 Å². The number of amides is 2. The van der Waals surface area contributed by atoms with Crippen LogP contribution in [-0.4, -0.2) is 22.3 Å². The molecule has 1 atom stereocenters. The molecule has 0 aliphatic carbocycles. The summed E-state index contributed by atoms with van der Waals surface area (Å²) in [7, 11) is 0. The molecule has 0 aliphatic rings. The number of nitriles is 1. The van der Waals surface area contributed by atoms with Gasteiger partial charge in [0.05, 0.1) is 16.1 Å². The molecule has 10 heteroatoms. The van der Waals surface area contributed by atoms with Gasteiger partial charge < -0.3 is 9.84 Å². The van der Waals surface area contributed by atoms with Gasteiger partial charge in [0.1, 0.15) is 11.9 Å². The maximum Gasteiger partial charge on any atom is 0.412 e. The van der Waals surface area contributed by atoms with Crippen molar-refractivity contribution in [3.8, 4) is 11.8 Å². The molecule has 0 unspecified atom stereocenters. The number of phenols is 1. The quantitative estimate of drug-likeness (QED) is 0.173. The van der Waals surface area contributed by atoms with E-state index in [0.717, 1.165) is 0 Å². The lowest BCUT2D eigenvalue weighted by molar-refractivity contribution is -0.124. The van der Waals surface area contributed by atoms with Gasteiger partial charge in [-0.05, 0) is 65.2 Å². The zero-order chi connectivity index (χ0) is 24.6. The predicted octanol–water partition coefficient (Wildman–Crippen LogP) is 5.95. The van der Waals surface area contributed by atoms with Crippen LogP contribution >= 0.6 is 31.9 Å². The highest BCUT2D eigenvalue weighted by Crippen LogP contribution is 2.46. The molecule has 2 rings (SSSR count). The van der Waals surface area contributed by atoms with Gasteiger partial charge in [-0.15, -0.1) is 0 Å². The van der Waals surface area contributed by atoms with Crippen molar-refractivity contribution in [1.82, 2.24) is 5.48 Å². The maximum atomic E-state index is 12.7. The second-order valence-electron chi connectivity index (χ2n) is 7.83. The van der Waals surface area contributed by atoms with Crippen molar-refractivity contribution in [1.29, 1.82) is 5.26 Å². The van der Waals surface area contributed by atoms with Crippen LogP contribution in [0.25, 0.3) is 0 Å². The minimum atomic E-state index is -0.857. The van der Waals surface area contributed by atoms with Gasteiger partial charge in [-0.1, -0.05) is 35.9 Å². The third-order valence-electron chi connectivity index (χ3n) is 4.87. The van der Waals surface area contributed by atoms with Gasteiger partial charge in [-0.25, -0.2) is 10.3 Å². The zero-order valence-electron chi connectivity index (χ0n) is 17.9. The van der Waals surface area contributed by atoms with Crippen LogP contribution < -0.4 is 10.8 Å². The Bertz CT molecular complexity index is 1080. The van der Waals surface area contributed by atoms with Crippen LogP contribution in [0.1, 0.15) is 43.9 Å². The molecule has 174 valence electrons. The molecule has 0 heterocycles. The number of aromatic hydroxyl groups is 1. The number of ether oxygens (including phenoxy) is 1. The molecule has 4 N–H and O–H groups in total. The minimum Gasteiger partial charge on any atom is -0.506 e. The van der Waals surface area contributed by atoms with E-state index in [1.807, 2.05) is 19.9 Å². The lowest BCUT2D eigenvalue weighted by Gasteiger charge is -2.34. The van der Waals surface area contributed by atoms with E-state index in [1.54, 1.807) is 42.5 Å². The van der Waals surface area contributed by atoms with E-state index in [-0.39, 0.29) is 5.75 Å². The lowest BCUT2D eigenvalue weighted by atomic mass is 9.78. The van der Waals surface area contributed by atoms with E-state index in [9.17, 15) is 14.7 Å². The molecule has 0 saturated heterocycles. The van der Waals surface area contributed by atoms with Gasteiger partial charge in [-0.2, -0.15) is 5.26 Å². The Balaban J connectivity index is 2.30. The number of carbonyl (C=O) groups is 2.